The fourth-order valence-corrected chi connectivity index (χ4v) is 2.18. The normalized spacial score (nSPS) is 16.9. The molecule has 3 heterocycles. The Morgan fingerprint density at radius 2 is 2.00 bits per heavy atom. The lowest BCUT2D eigenvalue weighted by Crippen LogP contribution is -2.30. The van der Waals surface area contributed by atoms with Gasteiger partial charge in [-0.15, -0.1) is 0 Å². The Bertz CT molecular complexity index is 499. The minimum absolute atomic E-state index is 0.397. The van der Waals surface area contributed by atoms with Gasteiger partial charge in [-0.05, 0) is 19.3 Å². The molecule has 0 unspecified atom stereocenters. The molecule has 1 saturated heterocycles. The fraction of sp³-hybridized carbons (Fsp3) is 0.500. The number of hydrogen-bond donors (Lipinski definition) is 2. The van der Waals surface area contributed by atoms with Gasteiger partial charge in [-0.1, -0.05) is 0 Å². The van der Waals surface area contributed by atoms with Crippen molar-refractivity contribution >= 4 is 22.9 Å². The second kappa shape index (κ2) is 3.62. The summed E-state index contributed by atoms with van der Waals surface area (Å²) in [6.07, 6.45) is 5.28. The van der Waals surface area contributed by atoms with Crippen LogP contribution < -0.4 is 10.6 Å². The van der Waals surface area contributed by atoms with E-state index in [2.05, 4.69) is 24.8 Å². The van der Waals surface area contributed by atoms with Crippen molar-refractivity contribution in [1.82, 2.24) is 19.9 Å². The summed E-state index contributed by atoms with van der Waals surface area (Å²) >= 11 is 0. The standard InChI is InChI=1S/C10H14N6/c11-10-14-7-8(15-10)12-6-13-9(7)16-4-2-1-3-5-16/h6H,1-5H2,(H3,11,12,13,14,15). The molecule has 0 radical (unpaired) electrons. The van der Waals surface area contributed by atoms with Gasteiger partial charge < -0.3 is 15.6 Å². The molecule has 0 atom stereocenters. The van der Waals surface area contributed by atoms with Crippen molar-refractivity contribution < 1.29 is 0 Å². The molecule has 0 saturated carbocycles. The lowest BCUT2D eigenvalue weighted by Gasteiger charge is -2.27. The third kappa shape index (κ3) is 1.46. The van der Waals surface area contributed by atoms with Crippen LogP contribution in [0.5, 0.6) is 0 Å². The monoisotopic (exact) mass is 218 g/mol. The molecule has 2 aromatic rings. The zero-order valence-corrected chi connectivity index (χ0v) is 8.98. The van der Waals surface area contributed by atoms with Crippen LogP contribution in [-0.2, 0) is 0 Å². The van der Waals surface area contributed by atoms with Gasteiger partial charge in [0.05, 0.1) is 0 Å². The number of hydrogen-bond acceptors (Lipinski definition) is 5. The van der Waals surface area contributed by atoms with Gasteiger partial charge in [0.1, 0.15) is 11.8 Å². The molecule has 1 aliphatic heterocycles. The molecule has 84 valence electrons. The van der Waals surface area contributed by atoms with Crippen LogP contribution in [0.1, 0.15) is 19.3 Å². The Morgan fingerprint density at radius 1 is 1.19 bits per heavy atom. The molecular weight excluding hydrogens is 204 g/mol. The van der Waals surface area contributed by atoms with Gasteiger partial charge >= 0.3 is 0 Å². The van der Waals surface area contributed by atoms with Crippen molar-refractivity contribution in [2.75, 3.05) is 23.7 Å². The highest BCUT2D eigenvalue weighted by Gasteiger charge is 2.16. The summed E-state index contributed by atoms with van der Waals surface area (Å²) in [5, 5.41) is 0. The van der Waals surface area contributed by atoms with Crippen LogP contribution in [0.3, 0.4) is 0 Å². The second-order valence-corrected chi connectivity index (χ2v) is 4.07. The van der Waals surface area contributed by atoms with E-state index in [0.29, 0.717) is 11.6 Å². The zero-order chi connectivity index (χ0) is 11.0. The fourth-order valence-electron chi connectivity index (χ4n) is 2.18. The number of nitrogens with one attached hydrogen (secondary N) is 1. The Kier molecular flexibility index (Phi) is 2.12. The molecule has 2 aromatic heterocycles. The van der Waals surface area contributed by atoms with Gasteiger partial charge in [0.2, 0.25) is 0 Å². The number of fused-ring (bicyclic) bond motifs is 1. The van der Waals surface area contributed by atoms with E-state index in [-0.39, 0.29) is 0 Å². The predicted molar refractivity (Wildman–Crippen MR) is 62.2 cm³/mol. The second-order valence-electron chi connectivity index (χ2n) is 4.07. The highest BCUT2D eigenvalue weighted by molar-refractivity contribution is 5.84. The van der Waals surface area contributed by atoms with Crippen molar-refractivity contribution in [2.24, 2.45) is 0 Å². The van der Waals surface area contributed by atoms with Crippen molar-refractivity contribution in [3.05, 3.63) is 6.33 Å². The number of imidazole rings is 1. The average molecular weight is 218 g/mol. The first kappa shape index (κ1) is 9.38. The Labute approximate surface area is 92.9 Å². The lowest BCUT2D eigenvalue weighted by atomic mass is 10.1. The number of H-pyrrole nitrogens is 1. The molecule has 0 amide bonds. The molecule has 0 aromatic carbocycles. The van der Waals surface area contributed by atoms with Crippen molar-refractivity contribution in [3.8, 4) is 0 Å². The van der Waals surface area contributed by atoms with Gasteiger partial charge in [0.15, 0.2) is 17.4 Å². The molecule has 3 N–H and O–H groups in total. The van der Waals surface area contributed by atoms with Crippen molar-refractivity contribution in [3.63, 3.8) is 0 Å². The first-order valence-electron chi connectivity index (χ1n) is 5.56. The molecule has 1 aliphatic rings. The first-order valence-corrected chi connectivity index (χ1v) is 5.56. The predicted octanol–water partition coefficient (Wildman–Crippen LogP) is 0.925. The third-order valence-electron chi connectivity index (χ3n) is 2.94. The Morgan fingerprint density at radius 3 is 2.81 bits per heavy atom. The summed E-state index contributed by atoms with van der Waals surface area (Å²) in [4.78, 5) is 17.8. The van der Waals surface area contributed by atoms with Gasteiger partial charge in [-0.3, -0.25) is 0 Å². The molecule has 16 heavy (non-hydrogen) atoms. The third-order valence-corrected chi connectivity index (χ3v) is 2.94. The number of nitrogens with two attached hydrogens (primary N) is 1. The maximum atomic E-state index is 5.64. The van der Waals surface area contributed by atoms with Gasteiger partial charge in [-0.25, -0.2) is 9.97 Å². The number of nitrogens with zero attached hydrogens (tertiary/aromatic N) is 4. The van der Waals surface area contributed by atoms with E-state index in [4.69, 9.17) is 5.73 Å². The number of aromatic amines is 1. The molecule has 1 fully saturated rings. The van der Waals surface area contributed by atoms with Crippen LogP contribution in [0.15, 0.2) is 6.33 Å². The maximum absolute atomic E-state index is 5.64. The lowest BCUT2D eigenvalue weighted by molar-refractivity contribution is 0.574. The largest absolute Gasteiger partial charge is 0.369 e. The van der Waals surface area contributed by atoms with Crippen LogP contribution in [0.25, 0.3) is 11.2 Å². The number of nitrogen functional groups attached to an aromatic ring is 1. The van der Waals surface area contributed by atoms with Crippen LogP contribution in [0.2, 0.25) is 0 Å². The van der Waals surface area contributed by atoms with Crippen molar-refractivity contribution in [2.45, 2.75) is 19.3 Å². The molecule has 3 rings (SSSR count). The highest BCUT2D eigenvalue weighted by Crippen LogP contribution is 2.24. The van der Waals surface area contributed by atoms with E-state index in [1.807, 2.05) is 0 Å². The van der Waals surface area contributed by atoms with E-state index in [1.165, 1.54) is 19.3 Å². The summed E-state index contributed by atoms with van der Waals surface area (Å²) in [7, 11) is 0. The van der Waals surface area contributed by atoms with Crippen LogP contribution >= 0.6 is 0 Å². The topological polar surface area (TPSA) is 83.7 Å². The highest BCUT2D eigenvalue weighted by atomic mass is 15.2. The van der Waals surface area contributed by atoms with E-state index >= 15 is 0 Å². The number of piperidine rings is 1. The van der Waals surface area contributed by atoms with Gasteiger partial charge in [0, 0.05) is 13.1 Å². The smallest absolute Gasteiger partial charge is 0.200 e. The Hall–Kier alpha value is -1.85. The SMILES string of the molecule is Nc1nc2ncnc(N3CCCCC3)c2[nH]1. The maximum Gasteiger partial charge on any atom is 0.200 e. The minimum atomic E-state index is 0.397. The summed E-state index contributed by atoms with van der Waals surface area (Å²) in [6.45, 7) is 2.09. The molecule has 0 bridgehead atoms. The summed E-state index contributed by atoms with van der Waals surface area (Å²) in [6, 6.07) is 0. The van der Waals surface area contributed by atoms with Gasteiger partial charge in [-0.2, -0.15) is 4.98 Å². The minimum Gasteiger partial charge on any atom is -0.369 e. The van der Waals surface area contributed by atoms with Crippen LogP contribution in [0.4, 0.5) is 11.8 Å². The quantitative estimate of drug-likeness (QED) is 0.743. The zero-order valence-electron chi connectivity index (χ0n) is 8.98. The first-order chi connectivity index (χ1) is 7.84. The summed E-state index contributed by atoms with van der Waals surface area (Å²) < 4.78 is 0. The molecular formula is C10H14N6. The molecule has 6 nitrogen and oxygen atoms in total. The molecule has 0 aliphatic carbocycles. The number of rotatable bonds is 1. The van der Waals surface area contributed by atoms with E-state index in [0.717, 1.165) is 24.4 Å². The van der Waals surface area contributed by atoms with Crippen LogP contribution in [0, 0.1) is 0 Å². The van der Waals surface area contributed by atoms with E-state index in [9.17, 15) is 0 Å². The molecule has 0 spiro atoms. The number of anilines is 2. The molecule has 6 heteroatoms. The van der Waals surface area contributed by atoms with Gasteiger partial charge in [0.25, 0.3) is 0 Å². The summed E-state index contributed by atoms with van der Waals surface area (Å²) in [5.41, 5.74) is 7.13. The van der Waals surface area contributed by atoms with Crippen molar-refractivity contribution in [1.29, 1.82) is 0 Å². The van der Waals surface area contributed by atoms with E-state index in [1.54, 1.807) is 6.33 Å². The summed E-state index contributed by atoms with van der Waals surface area (Å²) in [5.74, 6) is 1.32. The number of aromatic nitrogens is 4. The van der Waals surface area contributed by atoms with E-state index < -0.39 is 0 Å². The average Bonchev–Trinajstić information content (AvgIpc) is 2.70. The Balaban J connectivity index is 2.07. The van der Waals surface area contributed by atoms with Crippen LogP contribution in [-0.4, -0.2) is 33.0 Å².